The van der Waals surface area contributed by atoms with Gasteiger partial charge in [0.15, 0.2) is 0 Å². The summed E-state index contributed by atoms with van der Waals surface area (Å²) in [5, 5.41) is 11.5. The van der Waals surface area contributed by atoms with Crippen LogP contribution in [0.5, 0.6) is 0 Å². The zero-order chi connectivity index (χ0) is 33.4. The van der Waals surface area contributed by atoms with Crippen molar-refractivity contribution < 1.29 is 28.7 Å². The van der Waals surface area contributed by atoms with E-state index in [2.05, 4.69) is 21.3 Å². The zero-order valence-electron chi connectivity index (χ0n) is 27.4. The van der Waals surface area contributed by atoms with Crippen LogP contribution in [-0.4, -0.2) is 70.9 Å². The van der Waals surface area contributed by atoms with Crippen LogP contribution in [0.15, 0.2) is 60.7 Å². The summed E-state index contributed by atoms with van der Waals surface area (Å²) in [7, 11) is 0. The van der Waals surface area contributed by atoms with Crippen molar-refractivity contribution in [1.82, 2.24) is 26.2 Å². The van der Waals surface area contributed by atoms with E-state index in [0.717, 1.165) is 11.1 Å². The van der Waals surface area contributed by atoms with Crippen molar-refractivity contribution in [2.45, 2.75) is 103 Å². The fraction of sp³-hybridized carbons (Fsp3) is 0.514. The topological polar surface area (TPSA) is 146 Å². The molecule has 0 aliphatic carbocycles. The highest BCUT2D eigenvalue weighted by Crippen LogP contribution is 2.35. The van der Waals surface area contributed by atoms with E-state index in [1.165, 1.54) is 6.92 Å². The summed E-state index contributed by atoms with van der Waals surface area (Å²) in [6.07, 6.45) is 1.85. The Balaban J connectivity index is 1.57. The number of nitrogens with one attached hydrogen (secondary N) is 4. The Labute approximate surface area is 271 Å². The van der Waals surface area contributed by atoms with Crippen molar-refractivity contribution in [3.63, 3.8) is 0 Å². The number of carbonyl (C=O) groups is 5. The van der Waals surface area contributed by atoms with Crippen LogP contribution in [0.4, 0.5) is 4.79 Å². The van der Waals surface area contributed by atoms with Crippen molar-refractivity contribution in [2.75, 3.05) is 6.54 Å². The summed E-state index contributed by atoms with van der Waals surface area (Å²) < 4.78 is 5.33. The van der Waals surface area contributed by atoms with Gasteiger partial charge < -0.3 is 30.9 Å². The molecular weight excluding hydrogens is 586 g/mol. The minimum absolute atomic E-state index is 0.182. The highest BCUT2D eigenvalue weighted by atomic mass is 16.6. The van der Waals surface area contributed by atoms with Gasteiger partial charge in [0.1, 0.15) is 23.7 Å². The largest absolute Gasteiger partial charge is 0.444 e. The summed E-state index contributed by atoms with van der Waals surface area (Å²) in [6, 6.07) is 16.1. The standard InChI is InChI=1S/C35H47N5O6/c1-6-27(37-34(45)46-35(3,4)5)31(42)39-30-25(21-36-22(2)41)17-18-26-19-20-28(40(26)33(30)44)32(43)38-29(23-13-9-7-10-14-23)24-15-11-8-12-16-24/h7-16,25-30H,6,17-21H2,1-5H3,(H,36,41)(H,37,45)(H,38,43)(H,39,42)/t25-,26+,27+,28+,30+/m1/s1. The number of rotatable bonds is 10. The van der Waals surface area contributed by atoms with Gasteiger partial charge in [-0.15, -0.1) is 0 Å². The molecule has 0 unspecified atom stereocenters. The second-order valence-electron chi connectivity index (χ2n) is 13.1. The lowest BCUT2D eigenvalue weighted by atomic mass is 9.92. The number of fused-ring (bicyclic) bond motifs is 1. The maximum absolute atomic E-state index is 14.4. The van der Waals surface area contributed by atoms with Crippen LogP contribution in [0.3, 0.4) is 0 Å². The van der Waals surface area contributed by atoms with E-state index in [4.69, 9.17) is 4.74 Å². The monoisotopic (exact) mass is 633 g/mol. The van der Waals surface area contributed by atoms with Gasteiger partial charge in [-0.2, -0.15) is 0 Å². The van der Waals surface area contributed by atoms with Gasteiger partial charge in [0.2, 0.25) is 23.6 Å². The summed E-state index contributed by atoms with van der Waals surface area (Å²) in [4.78, 5) is 67.9. The van der Waals surface area contributed by atoms with Gasteiger partial charge in [-0.25, -0.2) is 4.79 Å². The Morgan fingerprint density at radius 3 is 2.02 bits per heavy atom. The smallest absolute Gasteiger partial charge is 0.408 e. The molecule has 46 heavy (non-hydrogen) atoms. The molecular formula is C35H47N5O6. The molecule has 11 nitrogen and oxygen atoms in total. The van der Waals surface area contributed by atoms with Crippen molar-refractivity contribution in [3.05, 3.63) is 71.8 Å². The molecule has 2 aromatic rings. The van der Waals surface area contributed by atoms with Crippen molar-refractivity contribution in [3.8, 4) is 0 Å². The molecule has 4 N–H and O–H groups in total. The first kappa shape index (κ1) is 34.5. The first-order valence-corrected chi connectivity index (χ1v) is 16.1. The normalized spacial score (nSPS) is 21.9. The maximum atomic E-state index is 14.4. The molecule has 2 fully saturated rings. The van der Waals surface area contributed by atoms with Crippen LogP contribution in [0.25, 0.3) is 0 Å². The van der Waals surface area contributed by atoms with E-state index < -0.39 is 47.7 Å². The molecule has 5 atom stereocenters. The summed E-state index contributed by atoms with van der Waals surface area (Å²) in [5.74, 6) is -1.82. The van der Waals surface area contributed by atoms with Gasteiger partial charge in [0, 0.05) is 25.4 Å². The minimum Gasteiger partial charge on any atom is -0.444 e. The van der Waals surface area contributed by atoms with E-state index in [9.17, 15) is 24.0 Å². The summed E-state index contributed by atoms with van der Waals surface area (Å²) >= 11 is 0. The fourth-order valence-corrected chi connectivity index (χ4v) is 6.31. The molecule has 4 rings (SSSR count). The summed E-state index contributed by atoms with van der Waals surface area (Å²) in [5.41, 5.74) is 1.09. The number of alkyl carbamates (subject to hydrolysis) is 1. The average Bonchev–Trinajstić information content (AvgIpc) is 3.40. The van der Waals surface area contributed by atoms with Crippen LogP contribution < -0.4 is 21.3 Å². The van der Waals surface area contributed by atoms with Crippen LogP contribution >= 0.6 is 0 Å². The van der Waals surface area contributed by atoms with E-state index in [0.29, 0.717) is 25.7 Å². The van der Waals surface area contributed by atoms with E-state index in [-0.39, 0.29) is 36.7 Å². The molecule has 0 saturated carbocycles. The SMILES string of the molecule is CC[C@H](NC(=O)OC(C)(C)C)C(=O)N[C@@H]1C(=O)N2[C@@H](CC[C@@H]1CNC(C)=O)CC[C@H]2C(=O)NC(c1ccccc1)c1ccccc1. The number of hydrogen-bond acceptors (Lipinski definition) is 6. The Hall–Kier alpha value is -4.41. The first-order chi connectivity index (χ1) is 21.9. The molecule has 0 aromatic heterocycles. The highest BCUT2D eigenvalue weighted by molar-refractivity contribution is 5.95. The lowest BCUT2D eigenvalue weighted by Crippen LogP contribution is -2.59. The number of nitrogens with zero attached hydrogens (tertiary/aromatic N) is 1. The summed E-state index contributed by atoms with van der Waals surface area (Å²) in [6.45, 7) is 8.52. The molecule has 2 saturated heterocycles. The molecule has 0 radical (unpaired) electrons. The third-order valence-corrected chi connectivity index (χ3v) is 8.55. The predicted molar refractivity (Wildman–Crippen MR) is 173 cm³/mol. The van der Waals surface area contributed by atoms with E-state index in [1.54, 1.807) is 32.6 Å². The van der Waals surface area contributed by atoms with Gasteiger partial charge in [0.05, 0.1) is 6.04 Å². The second-order valence-corrected chi connectivity index (χ2v) is 13.1. The van der Waals surface area contributed by atoms with Gasteiger partial charge in [-0.3, -0.25) is 19.2 Å². The molecule has 5 amide bonds. The van der Waals surface area contributed by atoms with Crippen molar-refractivity contribution in [1.29, 1.82) is 0 Å². The average molecular weight is 634 g/mol. The molecule has 2 aliphatic heterocycles. The third kappa shape index (κ3) is 8.86. The van der Waals surface area contributed by atoms with Crippen LogP contribution in [-0.2, 0) is 23.9 Å². The third-order valence-electron chi connectivity index (χ3n) is 8.55. The van der Waals surface area contributed by atoms with Crippen LogP contribution in [0.1, 0.15) is 83.9 Å². The molecule has 2 aliphatic rings. The lowest BCUT2D eigenvalue weighted by Gasteiger charge is -2.33. The van der Waals surface area contributed by atoms with Crippen molar-refractivity contribution >= 4 is 29.7 Å². The van der Waals surface area contributed by atoms with Crippen LogP contribution in [0, 0.1) is 5.92 Å². The lowest BCUT2D eigenvalue weighted by molar-refractivity contribution is -0.143. The number of amides is 5. The second kappa shape index (κ2) is 15.2. The number of benzene rings is 2. The maximum Gasteiger partial charge on any atom is 0.408 e. The van der Waals surface area contributed by atoms with Gasteiger partial charge in [0.25, 0.3) is 0 Å². The van der Waals surface area contributed by atoms with Gasteiger partial charge in [-0.05, 0) is 64.0 Å². The van der Waals surface area contributed by atoms with Gasteiger partial charge in [-0.1, -0.05) is 67.6 Å². The van der Waals surface area contributed by atoms with Crippen LogP contribution in [0.2, 0.25) is 0 Å². The number of hydrogen-bond donors (Lipinski definition) is 4. The minimum atomic E-state index is -1.01. The molecule has 248 valence electrons. The fourth-order valence-electron chi connectivity index (χ4n) is 6.31. The molecule has 2 heterocycles. The molecule has 0 spiro atoms. The Morgan fingerprint density at radius 2 is 1.48 bits per heavy atom. The molecule has 0 bridgehead atoms. The first-order valence-electron chi connectivity index (χ1n) is 16.1. The Morgan fingerprint density at radius 1 is 0.891 bits per heavy atom. The molecule has 2 aromatic carbocycles. The number of ether oxygens (including phenoxy) is 1. The zero-order valence-corrected chi connectivity index (χ0v) is 27.4. The number of carbonyl (C=O) groups excluding carboxylic acids is 5. The predicted octanol–water partition coefficient (Wildman–Crippen LogP) is 3.59. The highest BCUT2D eigenvalue weighted by Gasteiger charge is 2.48. The van der Waals surface area contributed by atoms with Gasteiger partial charge >= 0.3 is 6.09 Å². The Bertz CT molecular complexity index is 1340. The van der Waals surface area contributed by atoms with Crippen molar-refractivity contribution in [2.24, 2.45) is 5.92 Å². The molecule has 11 heteroatoms. The van der Waals surface area contributed by atoms with E-state index in [1.807, 2.05) is 60.7 Å². The van der Waals surface area contributed by atoms with E-state index >= 15 is 0 Å². The Kier molecular flexibility index (Phi) is 11.4. The quantitative estimate of drug-likeness (QED) is 0.315.